The topological polar surface area (TPSA) is 154 Å². The Morgan fingerprint density at radius 3 is 2.37 bits per heavy atom. The molecule has 13 nitrogen and oxygen atoms in total. The minimum atomic E-state index is -1.05. The summed E-state index contributed by atoms with van der Waals surface area (Å²) in [7, 11) is 4.67. The minimum absolute atomic E-state index is 0.0341. The van der Waals surface area contributed by atoms with Gasteiger partial charge in [0.15, 0.2) is 0 Å². The monoisotopic (exact) mass is 632 g/mol. The average Bonchev–Trinajstić information content (AvgIpc) is 3.05. The molecule has 1 atom stereocenters. The molecule has 0 bridgehead atoms. The van der Waals surface area contributed by atoms with Gasteiger partial charge >= 0.3 is 12.0 Å². The molecule has 0 spiro atoms. The molecule has 3 aromatic rings. The van der Waals surface area contributed by atoms with Crippen LogP contribution in [-0.4, -0.2) is 97.8 Å². The molecule has 0 radical (unpaired) electrons. The first-order valence-corrected chi connectivity index (χ1v) is 14.9. The molecule has 2 heterocycles. The molecule has 1 aliphatic heterocycles. The minimum Gasteiger partial charge on any atom is -0.495 e. The van der Waals surface area contributed by atoms with Crippen molar-refractivity contribution in [2.45, 2.75) is 25.8 Å². The number of pyridine rings is 1. The summed E-state index contributed by atoms with van der Waals surface area (Å²) >= 11 is 0. The molecule has 13 heteroatoms. The van der Waals surface area contributed by atoms with Crippen LogP contribution in [0.5, 0.6) is 5.75 Å². The van der Waals surface area contributed by atoms with Crippen molar-refractivity contribution < 1.29 is 33.8 Å². The predicted octanol–water partition coefficient (Wildman–Crippen LogP) is 3.55. The molecule has 1 aliphatic rings. The smallest absolute Gasteiger partial charge is 0.323 e. The highest BCUT2D eigenvalue weighted by molar-refractivity contribution is 6.01. The maximum absolute atomic E-state index is 13.2. The van der Waals surface area contributed by atoms with Crippen LogP contribution in [-0.2, 0) is 25.5 Å². The van der Waals surface area contributed by atoms with Crippen LogP contribution < -0.4 is 20.3 Å². The van der Waals surface area contributed by atoms with Crippen molar-refractivity contribution >= 4 is 41.0 Å². The molecular weight excluding hydrogens is 592 g/mol. The number of nitrogens with zero attached hydrogens (tertiary/aromatic N) is 4. The lowest BCUT2D eigenvalue weighted by Crippen LogP contribution is -2.44. The molecule has 0 aliphatic carbocycles. The van der Waals surface area contributed by atoms with E-state index in [0.29, 0.717) is 60.4 Å². The number of ether oxygens (including phenoxy) is 2. The number of aliphatic carboxylic acids is 1. The lowest BCUT2D eigenvalue weighted by molar-refractivity contribution is -0.141. The number of anilines is 3. The summed E-state index contributed by atoms with van der Waals surface area (Å²) in [5.41, 5.74) is 3.27. The summed E-state index contributed by atoms with van der Waals surface area (Å²) in [4.78, 5) is 59.7. The second-order valence-electron chi connectivity index (χ2n) is 11.0. The molecule has 0 saturated carbocycles. The average molecular weight is 633 g/mol. The number of amides is 4. The Kier molecular flexibility index (Phi) is 11.7. The molecule has 1 aromatic heterocycles. The lowest BCUT2D eigenvalue weighted by Gasteiger charge is -2.31. The molecule has 3 N–H and O–H groups in total. The van der Waals surface area contributed by atoms with Gasteiger partial charge in [0.05, 0.1) is 51.4 Å². The number of aromatic nitrogens is 1. The van der Waals surface area contributed by atoms with Gasteiger partial charge in [-0.2, -0.15) is 0 Å². The van der Waals surface area contributed by atoms with Crippen LogP contribution in [0.15, 0.2) is 60.8 Å². The van der Waals surface area contributed by atoms with E-state index in [1.165, 1.54) is 23.1 Å². The van der Waals surface area contributed by atoms with Gasteiger partial charge in [-0.3, -0.25) is 24.2 Å². The second kappa shape index (κ2) is 15.8. The van der Waals surface area contributed by atoms with E-state index in [-0.39, 0.29) is 31.2 Å². The van der Waals surface area contributed by atoms with Gasteiger partial charge in [0.1, 0.15) is 11.6 Å². The van der Waals surface area contributed by atoms with Crippen LogP contribution in [0.25, 0.3) is 0 Å². The van der Waals surface area contributed by atoms with Crippen LogP contribution >= 0.6 is 0 Å². The molecule has 1 fully saturated rings. The molecule has 4 rings (SSSR count). The second-order valence-corrected chi connectivity index (χ2v) is 11.0. The lowest BCUT2D eigenvalue weighted by atomic mass is 10.0. The fraction of sp³-hybridized carbons (Fsp3) is 0.364. The van der Waals surface area contributed by atoms with E-state index in [1.54, 1.807) is 50.5 Å². The van der Waals surface area contributed by atoms with Crippen LogP contribution in [0.4, 0.5) is 22.0 Å². The Balaban J connectivity index is 1.39. The SMILES string of the molecule is COc1cc(CC(=O)N(C)c2ccc(C(CC(=O)O)N(C)C(=O)CN3CCOCC3)cn2)ccc1NC(=O)Nc1ccccc1C. The van der Waals surface area contributed by atoms with Crippen molar-refractivity contribution in [3.63, 3.8) is 0 Å². The summed E-state index contributed by atoms with van der Waals surface area (Å²) in [6.07, 6.45) is 1.24. The third-order valence-corrected chi connectivity index (χ3v) is 7.83. The first kappa shape index (κ1) is 33.9. The van der Waals surface area contributed by atoms with Gasteiger partial charge in [0.25, 0.3) is 0 Å². The number of carbonyl (C=O) groups excluding carboxylic acids is 3. The van der Waals surface area contributed by atoms with E-state index in [0.717, 1.165) is 5.56 Å². The van der Waals surface area contributed by atoms with E-state index in [2.05, 4.69) is 15.6 Å². The number of hydrogen-bond acceptors (Lipinski definition) is 8. The molecule has 1 saturated heterocycles. The number of carboxylic acid groups (broad SMARTS) is 1. The Labute approximate surface area is 268 Å². The number of methoxy groups -OCH3 is 1. The van der Waals surface area contributed by atoms with Gasteiger partial charge < -0.3 is 30.1 Å². The van der Waals surface area contributed by atoms with Gasteiger partial charge in [-0.25, -0.2) is 9.78 Å². The van der Waals surface area contributed by atoms with Crippen molar-refractivity contribution in [3.8, 4) is 5.75 Å². The number of likely N-dealkylation sites (N-methyl/N-ethyl adjacent to an activating group) is 2. The Hall–Kier alpha value is -5.01. The zero-order valence-corrected chi connectivity index (χ0v) is 26.5. The summed E-state index contributed by atoms with van der Waals surface area (Å²) < 4.78 is 10.8. The van der Waals surface area contributed by atoms with Crippen molar-refractivity contribution in [3.05, 3.63) is 77.5 Å². The zero-order chi connectivity index (χ0) is 33.2. The standard InChI is InChI=1S/C33H40N6O7/c1-22-7-5-6-8-25(22)35-33(44)36-26-11-9-23(17-28(26)45-4)18-30(40)38(3)29-12-10-24(20-34-29)27(19-32(42)43)37(2)31(41)21-39-13-15-46-16-14-39/h5-12,17,20,27H,13-16,18-19,21H2,1-4H3,(H,42,43)(H2,35,36,44). The summed E-state index contributed by atoms with van der Waals surface area (Å²) in [5.74, 6) is -0.736. The number of para-hydroxylation sites is 1. The van der Waals surface area contributed by atoms with Crippen molar-refractivity contribution in [1.29, 1.82) is 0 Å². The number of aryl methyl sites for hydroxylation is 1. The molecule has 2 aromatic carbocycles. The number of carbonyl (C=O) groups is 4. The molecule has 244 valence electrons. The quantitative estimate of drug-likeness (QED) is 0.272. The fourth-order valence-electron chi connectivity index (χ4n) is 5.03. The maximum atomic E-state index is 13.2. The first-order valence-electron chi connectivity index (χ1n) is 14.9. The van der Waals surface area contributed by atoms with Crippen molar-refractivity contribution in [2.24, 2.45) is 0 Å². The molecule has 4 amide bonds. The first-order chi connectivity index (χ1) is 22.0. The Bertz CT molecular complexity index is 1540. The number of urea groups is 1. The number of nitrogens with one attached hydrogen (secondary N) is 2. The predicted molar refractivity (Wildman–Crippen MR) is 173 cm³/mol. The van der Waals surface area contributed by atoms with Crippen LogP contribution in [0.1, 0.15) is 29.2 Å². The number of benzene rings is 2. The number of hydrogen-bond donors (Lipinski definition) is 3. The highest BCUT2D eigenvalue weighted by Gasteiger charge is 2.27. The van der Waals surface area contributed by atoms with Crippen LogP contribution in [0.3, 0.4) is 0 Å². The van der Waals surface area contributed by atoms with Gasteiger partial charge in [-0.15, -0.1) is 0 Å². The number of morpholine rings is 1. The fourth-order valence-corrected chi connectivity index (χ4v) is 5.03. The van der Waals surface area contributed by atoms with Crippen LogP contribution in [0, 0.1) is 6.92 Å². The van der Waals surface area contributed by atoms with Crippen molar-refractivity contribution in [1.82, 2.24) is 14.8 Å². The van der Waals surface area contributed by atoms with E-state index in [4.69, 9.17) is 9.47 Å². The van der Waals surface area contributed by atoms with Gasteiger partial charge in [-0.1, -0.05) is 30.3 Å². The van der Waals surface area contributed by atoms with Crippen molar-refractivity contribution in [2.75, 3.05) is 69.6 Å². The maximum Gasteiger partial charge on any atom is 0.323 e. The summed E-state index contributed by atoms with van der Waals surface area (Å²) in [5, 5.41) is 15.1. The third-order valence-electron chi connectivity index (χ3n) is 7.83. The number of carboxylic acids is 1. The summed E-state index contributed by atoms with van der Waals surface area (Å²) in [6, 6.07) is 14.7. The van der Waals surface area contributed by atoms with Crippen LogP contribution in [0.2, 0.25) is 0 Å². The number of rotatable bonds is 12. The Morgan fingerprint density at radius 2 is 1.72 bits per heavy atom. The Morgan fingerprint density at radius 1 is 1.00 bits per heavy atom. The molecule has 46 heavy (non-hydrogen) atoms. The van der Waals surface area contributed by atoms with Gasteiger partial charge in [0.2, 0.25) is 11.8 Å². The highest BCUT2D eigenvalue weighted by Crippen LogP contribution is 2.28. The molecular formula is C33H40N6O7. The third kappa shape index (κ3) is 9.02. The van der Waals surface area contributed by atoms with E-state index < -0.39 is 18.0 Å². The largest absolute Gasteiger partial charge is 0.495 e. The van der Waals surface area contributed by atoms with Gasteiger partial charge in [0, 0.05) is 39.1 Å². The highest BCUT2D eigenvalue weighted by atomic mass is 16.5. The normalized spacial score (nSPS) is 13.7. The molecule has 1 unspecified atom stereocenters. The van der Waals surface area contributed by atoms with E-state index >= 15 is 0 Å². The van der Waals surface area contributed by atoms with E-state index in [9.17, 15) is 24.3 Å². The van der Waals surface area contributed by atoms with Gasteiger partial charge in [-0.05, 0) is 47.9 Å². The zero-order valence-electron chi connectivity index (χ0n) is 26.5. The van der Waals surface area contributed by atoms with E-state index in [1.807, 2.05) is 30.0 Å². The summed E-state index contributed by atoms with van der Waals surface area (Å²) in [6.45, 7) is 4.45.